The second-order valence-electron chi connectivity index (χ2n) is 5.69. The minimum absolute atomic E-state index is 0.594. The van der Waals surface area contributed by atoms with Gasteiger partial charge in [-0.2, -0.15) is 0 Å². The van der Waals surface area contributed by atoms with Crippen LogP contribution >= 0.6 is 0 Å². The molecular weight excluding hydrogens is 252 g/mol. The first-order chi connectivity index (χ1) is 9.88. The number of tetrazole rings is 1. The van der Waals surface area contributed by atoms with Gasteiger partial charge >= 0.3 is 0 Å². The average Bonchev–Trinajstić information content (AvgIpc) is 3.04. The van der Waals surface area contributed by atoms with Crippen molar-refractivity contribution in [3.8, 4) is 5.69 Å². The van der Waals surface area contributed by atoms with Crippen molar-refractivity contribution in [1.82, 2.24) is 25.1 Å². The molecule has 3 aliphatic heterocycles. The van der Waals surface area contributed by atoms with Crippen LogP contribution in [-0.4, -0.2) is 50.8 Å². The Labute approximate surface area is 117 Å². The summed E-state index contributed by atoms with van der Waals surface area (Å²) in [6.45, 7) is 3.74. The Morgan fingerprint density at radius 3 is 2.50 bits per heavy atom. The van der Waals surface area contributed by atoms with Crippen LogP contribution < -0.4 is 5.32 Å². The lowest BCUT2D eigenvalue weighted by Gasteiger charge is -2.45. The minimum atomic E-state index is 0.594. The fourth-order valence-electron chi connectivity index (χ4n) is 3.33. The summed E-state index contributed by atoms with van der Waals surface area (Å²) in [5.41, 5.74) is 2.16. The molecular formula is C14H18N6. The third kappa shape index (κ3) is 2.16. The van der Waals surface area contributed by atoms with E-state index < -0.39 is 0 Å². The fourth-order valence-corrected chi connectivity index (χ4v) is 3.33. The van der Waals surface area contributed by atoms with Gasteiger partial charge in [0, 0.05) is 18.3 Å². The van der Waals surface area contributed by atoms with Gasteiger partial charge in [-0.1, -0.05) is 0 Å². The third-order valence-corrected chi connectivity index (χ3v) is 4.49. The molecule has 3 saturated heterocycles. The first kappa shape index (κ1) is 11.8. The molecule has 0 unspecified atom stereocenters. The number of anilines is 1. The van der Waals surface area contributed by atoms with Crippen molar-refractivity contribution in [3.05, 3.63) is 30.6 Å². The maximum Gasteiger partial charge on any atom is 0.143 e. The first-order valence-corrected chi connectivity index (χ1v) is 7.21. The van der Waals surface area contributed by atoms with Gasteiger partial charge in [0.05, 0.1) is 5.69 Å². The summed E-state index contributed by atoms with van der Waals surface area (Å²) < 4.78 is 1.66. The number of nitrogens with zero attached hydrogens (tertiary/aromatic N) is 5. The Kier molecular flexibility index (Phi) is 2.88. The summed E-state index contributed by atoms with van der Waals surface area (Å²) >= 11 is 0. The molecule has 0 aliphatic carbocycles. The van der Waals surface area contributed by atoms with E-state index >= 15 is 0 Å². The SMILES string of the molecule is c1cc(-n2cnnn2)ccc1N[C@@H]1CN2CCC1CC2. The second-order valence-corrected chi connectivity index (χ2v) is 5.69. The smallest absolute Gasteiger partial charge is 0.143 e. The van der Waals surface area contributed by atoms with Crippen molar-refractivity contribution in [3.63, 3.8) is 0 Å². The Morgan fingerprint density at radius 1 is 1.10 bits per heavy atom. The van der Waals surface area contributed by atoms with Gasteiger partial charge in [0.2, 0.25) is 0 Å². The molecule has 1 atom stereocenters. The zero-order valence-electron chi connectivity index (χ0n) is 11.3. The number of fused-ring (bicyclic) bond motifs is 3. The zero-order valence-corrected chi connectivity index (χ0v) is 11.3. The average molecular weight is 270 g/mol. The molecule has 20 heavy (non-hydrogen) atoms. The summed E-state index contributed by atoms with van der Waals surface area (Å²) in [6.07, 6.45) is 4.27. The van der Waals surface area contributed by atoms with Crippen molar-refractivity contribution < 1.29 is 0 Å². The van der Waals surface area contributed by atoms with Gasteiger partial charge in [-0.3, -0.25) is 0 Å². The van der Waals surface area contributed by atoms with Gasteiger partial charge < -0.3 is 10.2 Å². The number of nitrogens with one attached hydrogen (secondary N) is 1. The third-order valence-electron chi connectivity index (χ3n) is 4.49. The molecule has 1 N–H and O–H groups in total. The molecule has 104 valence electrons. The molecule has 0 amide bonds. The van der Waals surface area contributed by atoms with Gasteiger partial charge in [-0.05, 0) is 66.5 Å². The number of hydrogen-bond donors (Lipinski definition) is 1. The van der Waals surface area contributed by atoms with Crippen molar-refractivity contribution in [1.29, 1.82) is 0 Å². The lowest BCUT2D eigenvalue weighted by atomic mass is 9.84. The number of rotatable bonds is 3. The number of piperidine rings is 3. The van der Waals surface area contributed by atoms with E-state index in [9.17, 15) is 0 Å². The van der Waals surface area contributed by atoms with Crippen LogP contribution in [0, 0.1) is 5.92 Å². The maximum absolute atomic E-state index is 3.89. The molecule has 2 bridgehead atoms. The molecule has 6 nitrogen and oxygen atoms in total. The summed E-state index contributed by atoms with van der Waals surface area (Å²) in [5.74, 6) is 0.833. The van der Waals surface area contributed by atoms with E-state index in [1.807, 2.05) is 12.1 Å². The van der Waals surface area contributed by atoms with Gasteiger partial charge in [0.25, 0.3) is 0 Å². The summed E-state index contributed by atoms with van der Waals surface area (Å²) in [7, 11) is 0. The minimum Gasteiger partial charge on any atom is -0.381 e. The fraction of sp³-hybridized carbons (Fsp3) is 0.500. The molecule has 3 fully saturated rings. The zero-order chi connectivity index (χ0) is 13.4. The number of aromatic nitrogens is 4. The normalized spacial score (nSPS) is 28.5. The van der Waals surface area contributed by atoms with Gasteiger partial charge in [0.1, 0.15) is 6.33 Å². The predicted molar refractivity (Wildman–Crippen MR) is 75.7 cm³/mol. The van der Waals surface area contributed by atoms with Crippen molar-refractivity contribution in [2.24, 2.45) is 5.92 Å². The van der Waals surface area contributed by atoms with Crippen LogP contribution in [-0.2, 0) is 0 Å². The van der Waals surface area contributed by atoms with E-state index in [1.54, 1.807) is 11.0 Å². The quantitative estimate of drug-likeness (QED) is 0.907. The molecule has 2 aromatic rings. The van der Waals surface area contributed by atoms with Gasteiger partial charge in [-0.15, -0.1) is 5.10 Å². The van der Waals surface area contributed by atoms with Gasteiger partial charge in [0.15, 0.2) is 0 Å². The highest BCUT2D eigenvalue weighted by Gasteiger charge is 2.33. The van der Waals surface area contributed by atoms with E-state index in [-0.39, 0.29) is 0 Å². The summed E-state index contributed by atoms with van der Waals surface area (Å²) in [4.78, 5) is 2.56. The van der Waals surface area contributed by atoms with Crippen LogP contribution in [0.4, 0.5) is 5.69 Å². The van der Waals surface area contributed by atoms with Crippen LogP contribution in [0.3, 0.4) is 0 Å². The highest BCUT2D eigenvalue weighted by molar-refractivity contribution is 5.49. The lowest BCUT2D eigenvalue weighted by molar-refractivity contribution is 0.0975. The number of hydrogen-bond acceptors (Lipinski definition) is 5. The monoisotopic (exact) mass is 270 g/mol. The van der Waals surface area contributed by atoms with Crippen molar-refractivity contribution in [2.45, 2.75) is 18.9 Å². The van der Waals surface area contributed by atoms with E-state index in [2.05, 4.69) is 37.9 Å². The van der Waals surface area contributed by atoms with Crippen LogP contribution in [0.15, 0.2) is 30.6 Å². The van der Waals surface area contributed by atoms with Crippen molar-refractivity contribution in [2.75, 3.05) is 25.0 Å². The standard InChI is InChI=1S/C14H18N6/c1-3-13(20-10-15-17-18-20)4-2-12(1)16-14-9-19-7-5-11(14)6-8-19/h1-4,10-11,14,16H,5-9H2/t14-/m1/s1. The highest BCUT2D eigenvalue weighted by Crippen LogP contribution is 2.29. The van der Waals surface area contributed by atoms with E-state index in [1.165, 1.54) is 38.2 Å². The molecule has 1 aromatic carbocycles. The molecule has 6 heteroatoms. The molecule has 0 spiro atoms. The van der Waals surface area contributed by atoms with Crippen LogP contribution in [0.25, 0.3) is 5.69 Å². The van der Waals surface area contributed by atoms with E-state index in [0.717, 1.165) is 11.6 Å². The first-order valence-electron chi connectivity index (χ1n) is 7.21. The highest BCUT2D eigenvalue weighted by atomic mass is 15.5. The van der Waals surface area contributed by atoms with Crippen LogP contribution in [0.2, 0.25) is 0 Å². The Bertz CT molecular complexity index is 556. The van der Waals surface area contributed by atoms with E-state index in [4.69, 9.17) is 0 Å². The molecule has 1 aromatic heterocycles. The second kappa shape index (κ2) is 4.86. The lowest BCUT2D eigenvalue weighted by Crippen LogP contribution is -2.53. The van der Waals surface area contributed by atoms with Gasteiger partial charge in [-0.25, -0.2) is 4.68 Å². The molecule has 4 heterocycles. The predicted octanol–water partition coefficient (Wildman–Crippen LogP) is 1.17. The molecule has 5 rings (SSSR count). The van der Waals surface area contributed by atoms with Crippen molar-refractivity contribution >= 4 is 5.69 Å². The Morgan fingerprint density at radius 2 is 1.90 bits per heavy atom. The summed E-state index contributed by atoms with van der Waals surface area (Å²) in [6, 6.07) is 8.89. The number of benzene rings is 1. The Hall–Kier alpha value is -1.95. The molecule has 3 aliphatic rings. The summed E-state index contributed by atoms with van der Waals surface area (Å²) in [5, 5.41) is 14.9. The Balaban J connectivity index is 1.47. The molecule has 0 radical (unpaired) electrons. The van der Waals surface area contributed by atoms with E-state index in [0.29, 0.717) is 6.04 Å². The molecule has 0 saturated carbocycles. The largest absolute Gasteiger partial charge is 0.381 e. The topological polar surface area (TPSA) is 58.9 Å². The van der Waals surface area contributed by atoms with Crippen LogP contribution in [0.1, 0.15) is 12.8 Å². The van der Waals surface area contributed by atoms with Crippen LogP contribution in [0.5, 0.6) is 0 Å². The maximum atomic E-state index is 3.89.